The van der Waals surface area contributed by atoms with Gasteiger partial charge in [-0.15, -0.1) is 0 Å². The number of halogens is 1. The van der Waals surface area contributed by atoms with Crippen molar-refractivity contribution in [3.05, 3.63) is 58.3 Å². The quantitative estimate of drug-likeness (QED) is 0.845. The van der Waals surface area contributed by atoms with E-state index in [1.165, 1.54) is 18.2 Å². The molecule has 1 heterocycles. The SMILES string of the molecule is CC(C)c1cc(-c2ccc(F)cc2)cc(=O)[nH]1. The Balaban J connectivity index is 2.52. The minimum atomic E-state index is -0.275. The Morgan fingerprint density at radius 3 is 2.29 bits per heavy atom. The molecular formula is C14H14FNO. The Kier molecular flexibility index (Phi) is 3.09. The first-order chi connectivity index (χ1) is 8.06. The molecule has 0 bridgehead atoms. The van der Waals surface area contributed by atoms with Gasteiger partial charge in [-0.2, -0.15) is 0 Å². The third-order valence-corrected chi connectivity index (χ3v) is 2.66. The number of benzene rings is 1. The summed E-state index contributed by atoms with van der Waals surface area (Å²) >= 11 is 0. The lowest BCUT2D eigenvalue weighted by Gasteiger charge is -2.08. The fourth-order valence-electron chi connectivity index (χ4n) is 1.68. The highest BCUT2D eigenvalue weighted by Crippen LogP contribution is 2.21. The fourth-order valence-corrected chi connectivity index (χ4v) is 1.68. The van der Waals surface area contributed by atoms with E-state index >= 15 is 0 Å². The van der Waals surface area contributed by atoms with Gasteiger partial charge in [0.05, 0.1) is 0 Å². The molecule has 2 aromatic rings. The maximum Gasteiger partial charge on any atom is 0.248 e. The molecule has 2 rings (SSSR count). The number of hydrogen-bond acceptors (Lipinski definition) is 1. The molecule has 0 aliphatic carbocycles. The lowest BCUT2D eigenvalue weighted by molar-refractivity contribution is 0.628. The summed E-state index contributed by atoms with van der Waals surface area (Å²) in [7, 11) is 0. The second-order valence-corrected chi connectivity index (χ2v) is 4.35. The number of H-pyrrole nitrogens is 1. The molecule has 0 unspecified atom stereocenters. The van der Waals surface area contributed by atoms with Crippen LogP contribution in [-0.2, 0) is 0 Å². The zero-order valence-electron chi connectivity index (χ0n) is 9.83. The minimum absolute atomic E-state index is 0.129. The summed E-state index contributed by atoms with van der Waals surface area (Å²) in [6, 6.07) is 9.60. The first-order valence-corrected chi connectivity index (χ1v) is 5.56. The van der Waals surface area contributed by atoms with Gasteiger partial charge in [-0.1, -0.05) is 26.0 Å². The monoisotopic (exact) mass is 231 g/mol. The number of aromatic amines is 1. The van der Waals surface area contributed by atoms with E-state index < -0.39 is 0 Å². The van der Waals surface area contributed by atoms with Gasteiger partial charge >= 0.3 is 0 Å². The van der Waals surface area contributed by atoms with Crippen LogP contribution in [-0.4, -0.2) is 4.98 Å². The molecule has 1 aromatic heterocycles. The number of nitrogens with one attached hydrogen (secondary N) is 1. The second-order valence-electron chi connectivity index (χ2n) is 4.35. The molecular weight excluding hydrogens is 217 g/mol. The van der Waals surface area contributed by atoms with Crippen LogP contribution in [0, 0.1) is 5.82 Å². The maximum atomic E-state index is 12.8. The van der Waals surface area contributed by atoms with Crippen LogP contribution in [0.15, 0.2) is 41.2 Å². The van der Waals surface area contributed by atoms with E-state index in [-0.39, 0.29) is 17.3 Å². The number of pyridine rings is 1. The fraction of sp³-hybridized carbons (Fsp3) is 0.214. The Morgan fingerprint density at radius 1 is 1.06 bits per heavy atom. The van der Waals surface area contributed by atoms with Gasteiger partial charge in [0.15, 0.2) is 0 Å². The van der Waals surface area contributed by atoms with Gasteiger partial charge in [-0.25, -0.2) is 4.39 Å². The third kappa shape index (κ3) is 2.61. The lowest BCUT2D eigenvalue weighted by Crippen LogP contribution is -2.08. The van der Waals surface area contributed by atoms with Crippen molar-refractivity contribution in [2.45, 2.75) is 19.8 Å². The highest BCUT2D eigenvalue weighted by atomic mass is 19.1. The van der Waals surface area contributed by atoms with E-state index in [4.69, 9.17) is 0 Å². The highest BCUT2D eigenvalue weighted by Gasteiger charge is 2.05. The van der Waals surface area contributed by atoms with Crippen molar-refractivity contribution < 1.29 is 4.39 Å². The van der Waals surface area contributed by atoms with Crippen molar-refractivity contribution in [1.82, 2.24) is 4.98 Å². The van der Waals surface area contributed by atoms with E-state index in [1.54, 1.807) is 12.1 Å². The van der Waals surface area contributed by atoms with E-state index in [2.05, 4.69) is 4.98 Å². The smallest absolute Gasteiger partial charge is 0.248 e. The molecule has 2 nitrogen and oxygen atoms in total. The number of rotatable bonds is 2. The van der Waals surface area contributed by atoms with Crippen LogP contribution in [0.4, 0.5) is 4.39 Å². The zero-order valence-corrected chi connectivity index (χ0v) is 9.83. The molecule has 0 fully saturated rings. The lowest BCUT2D eigenvalue weighted by atomic mass is 10.0. The van der Waals surface area contributed by atoms with Gasteiger partial charge in [0.25, 0.3) is 0 Å². The molecule has 0 aliphatic rings. The zero-order chi connectivity index (χ0) is 12.4. The van der Waals surface area contributed by atoms with Crippen LogP contribution >= 0.6 is 0 Å². The average molecular weight is 231 g/mol. The molecule has 1 N–H and O–H groups in total. The summed E-state index contributed by atoms with van der Waals surface area (Å²) in [6.07, 6.45) is 0. The Hall–Kier alpha value is -1.90. The predicted octanol–water partition coefficient (Wildman–Crippen LogP) is 3.30. The molecule has 0 aliphatic heterocycles. The van der Waals surface area contributed by atoms with Gasteiger partial charge < -0.3 is 4.98 Å². The van der Waals surface area contributed by atoms with Crippen LogP contribution in [0.5, 0.6) is 0 Å². The van der Waals surface area contributed by atoms with Gasteiger partial charge in [-0.05, 0) is 35.2 Å². The minimum Gasteiger partial charge on any atom is -0.326 e. The van der Waals surface area contributed by atoms with Crippen LogP contribution in [0.1, 0.15) is 25.5 Å². The summed E-state index contributed by atoms with van der Waals surface area (Å²) in [4.78, 5) is 14.3. The molecule has 88 valence electrons. The molecule has 17 heavy (non-hydrogen) atoms. The summed E-state index contributed by atoms with van der Waals surface area (Å²) in [5, 5.41) is 0. The first kappa shape index (κ1) is 11.6. The van der Waals surface area contributed by atoms with Crippen molar-refractivity contribution in [1.29, 1.82) is 0 Å². The summed E-state index contributed by atoms with van der Waals surface area (Å²) in [5.41, 5.74) is 2.42. The topological polar surface area (TPSA) is 32.9 Å². The van der Waals surface area contributed by atoms with Gasteiger partial charge in [-0.3, -0.25) is 4.79 Å². The van der Waals surface area contributed by atoms with Crippen LogP contribution in [0.25, 0.3) is 11.1 Å². The van der Waals surface area contributed by atoms with Crippen molar-refractivity contribution in [2.75, 3.05) is 0 Å². The van der Waals surface area contributed by atoms with E-state index in [0.717, 1.165) is 16.8 Å². The first-order valence-electron chi connectivity index (χ1n) is 5.56. The van der Waals surface area contributed by atoms with Crippen LogP contribution in [0.3, 0.4) is 0 Å². The summed E-state index contributed by atoms with van der Waals surface area (Å²) in [6.45, 7) is 4.03. The molecule has 0 atom stereocenters. The normalized spacial score (nSPS) is 10.8. The van der Waals surface area contributed by atoms with Crippen molar-refractivity contribution >= 4 is 0 Å². The van der Waals surface area contributed by atoms with Gasteiger partial charge in [0.2, 0.25) is 5.56 Å². The van der Waals surface area contributed by atoms with Crippen molar-refractivity contribution in [3.63, 3.8) is 0 Å². The summed E-state index contributed by atoms with van der Waals surface area (Å²) in [5.74, 6) is -0.0224. The predicted molar refractivity (Wildman–Crippen MR) is 66.5 cm³/mol. The van der Waals surface area contributed by atoms with Crippen LogP contribution < -0.4 is 5.56 Å². The molecule has 0 spiro atoms. The summed E-state index contributed by atoms with van der Waals surface area (Å²) < 4.78 is 12.8. The van der Waals surface area contributed by atoms with E-state index in [0.29, 0.717) is 0 Å². The van der Waals surface area contributed by atoms with E-state index in [9.17, 15) is 9.18 Å². The highest BCUT2D eigenvalue weighted by molar-refractivity contribution is 5.63. The van der Waals surface area contributed by atoms with Gasteiger partial charge in [0.1, 0.15) is 5.82 Å². The van der Waals surface area contributed by atoms with Crippen molar-refractivity contribution in [3.8, 4) is 11.1 Å². The molecule has 0 radical (unpaired) electrons. The average Bonchev–Trinajstić information content (AvgIpc) is 2.29. The van der Waals surface area contributed by atoms with Crippen LogP contribution in [0.2, 0.25) is 0 Å². The number of hydrogen-bond donors (Lipinski definition) is 1. The molecule has 3 heteroatoms. The van der Waals surface area contributed by atoms with Crippen molar-refractivity contribution in [2.24, 2.45) is 0 Å². The standard InChI is InChI=1S/C14H14FNO/c1-9(2)13-7-11(8-14(17)16-13)10-3-5-12(15)6-4-10/h3-9H,1-2H3,(H,16,17). The third-order valence-electron chi connectivity index (χ3n) is 2.66. The number of aromatic nitrogens is 1. The molecule has 0 saturated carbocycles. The largest absolute Gasteiger partial charge is 0.326 e. The Morgan fingerprint density at radius 2 is 1.71 bits per heavy atom. The van der Waals surface area contributed by atoms with E-state index in [1.807, 2.05) is 19.9 Å². The maximum absolute atomic E-state index is 12.8. The van der Waals surface area contributed by atoms with Gasteiger partial charge in [0, 0.05) is 11.8 Å². The molecule has 1 aromatic carbocycles. The molecule has 0 saturated heterocycles. The second kappa shape index (κ2) is 4.53. The molecule has 0 amide bonds. The Labute approximate surface area is 99.1 Å². The Bertz CT molecular complexity index is 570.